The van der Waals surface area contributed by atoms with Crippen LogP contribution < -0.4 is 0 Å². The van der Waals surface area contributed by atoms with Crippen molar-refractivity contribution in [2.24, 2.45) is 11.8 Å². The number of hydrogen-bond acceptors (Lipinski definition) is 15. The van der Waals surface area contributed by atoms with Gasteiger partial charge in [-0.15, -0.1) is 0 Å². The average molecular weight is 1410 g/mol. The summed E-state index contributed by atoms with van der Waals surface area (Å²) in [7, 11) is -9.91. The van der Waals surface area contributed by atoms with Crippen molar-refractivity contribution >= 4 is 39.5 Å². The molecule has 0 radical (unpaired) electrons. The van der Waals surface area contributed by atoms with Crippen LogP contribution in [0.25, 0.3) is 0 Å². The van der Waals surface area contributed by atoms with Crippen LogP contribution in [0.4, 0.5) is 0 Å². The Morgan fingerprint density at radius 2 is 0.479 bits per heavy atom. The molecule has 0 aliphatic carbocycles. The molecule has 0 aromatic carbocycles. The van der Waals surface area contributed by atoms with Crippen molar-refractivity contribution in [2.75, 3.05) is 39.6 Å². The highest BCUT2D eigenvalue weighted by molar-refractivity contribution is 7.47. The summed E-state index contributed by atoms with van der Waals surface area (Å²) in [4.78, 5) is 72.7. The van der Waals surface area contributed by atoms with E-state index in [-0.39, 0.29) is 25.7 Å². The third-order valence-electron chi connectivity index (χ3n) is 18.0. The number of phosphoric acid groups is 2. The third kappa shape index (κ3) is 70.5. The molecule has 0 saturated carbocycles. The van der Waals surface area contributed by atoms with E-state index >= 15 is 0 Å². The molecule has 0 aliphatic rings. The van der Waals surface area contributed by atoms with Crippen molar-refractivity contribution in [2.45, 2.75) is 419 Å². The molecular formula is C77H150O17P2. The minimum atomic E-state index is -4.96. The predicted molar refractivity (Wildman–Crippen MR) is 391 cm³/mol. The topological polar surface area (TPSA) is 237 Å². The highest BCUT2D eigenvalue weighted by atomic mass is 31.2. The fourth-order valence-corrected chi connectivity index (χ4v) is 13.4. The van der Waals surface area contributed by atoms with Crippen molar-refractivity contribution in [3.05, 3.63) is 0 Å². The van der Waals surface area contributed by atoms with E-state index in [0.29, 0.717) is 25.7 Å². The molecule has 0 aliphatic heterocycles. The van der Waals surface area contributed by atoms with Gasteiger partial charge >= 0.3 is 39.5 Å². The van der Waals surface area contributed by atoms with Crippen LogP contribution in [-0.4, -0.2) is 96.7 Å². The lowest BCUT2D eigenvalue weighted by Gasteiger charge is -2.21. The Morgan fingerprint density at radius 3 is 0.708 bits per heavy atom. The molecule has 0 aromatic heterocycles. The second kappa shape index (κ2) is 68.8. The molecule has 0 heterocycles. The van der Waals surface area contributed by atoms with Crippen LogP contribution in [0.3, 0.4) is 0 Å². The molecule has 0 bridgehead atoms. The number of aliphatic hydroxyl groups excluding tert-OH is 1. The van der Waals surface area contributed by atoms with E-state index in [9.17, 15) is 43.2 Å². The molecule has 17 nitrogen and oxygen atoms in total. The highest BCUT2D eigenvalue weighted by Gasteiger charge is 2.30. The molecule has 0 amide bonds. The highest BCUT2D eigenvalue weighted by Crippen LogP contribution is 2.45. The van der Waals surface area contributed by atoms with Crippen molar-refractivity contribution in [3.63, 3.8) is 0 Å². The number of phosphoric ester groups is 2. The Hall–Kier alpha value is -1.94. The van der Waals surface area contributed by atoms with Gasteiger partial charge in [0, 0.05) is 25.7 Å². The maximum Gasteiger partial charge on any atom is 0.472 e. The van der Waals surface area contributed by atoms with Crippen molar-refractivity contribution in [1.29, 1.82) is 0 Å². The summed E-state index contributed by atoms with van der Waals surface area (Å²) in [5.74, 6) is -0.603. The Morgan fingerprint density at radius 1 is 0.281 bits per heavy atom. The van der Waals surface area contributed by atoms with Crippen LogP contribution in [0.5, 0.6) is 0 Å². The first-order valence-corrected chi connectivity index (χ1v) is 43.0. The van der Waals surface area contributed by atoms with Crippen LogP contribution in [0.15, 0.2) is 0 Å². The van der Waals surface area contributed by atoms with Gasteiger partial charge in [-0.1, -0.05) is 350 Å². The van der Waals surface area contributed by atoms with Crippen LogP contribution in [0.2, 0.25) is 0 Å². The van der Waals surface area contributed by atoms with Gasteiger partial charge in [-0.3, -0.25) is 37.3 Å². The van der Waals surface area contributed by atoms with Crippen molar-refractivity contribution < 1.29 is 80.2 Å². The fourth-order valence-electron chi connectivity index (χ4n) is 11.8. The first-order valence-electron chi connectivity index (χ1n) is 40.0. The van der Waals surface area contributed by atoms with Gasteiger partial charge in [-0.25, -0.2) is 9.13 Å². The number of esters is 4. The molecule has 5 atom stereocenters. The van der Waals surface area contributed by atoms with E-state index < -0.39 is 97.5 Å². The number of hydrogen-bond donors (Lipinski definition) is 3. The molecule has 0 rings (SSSR count). The van der Waals surface area contributed by atoms with Crippen LogP contribution in [0, 0.1) is 11.8 Å². The summed E-state index contributed by atoms with van der Waals surface area (Å²) in [5.41, 5.74) is 0. The Kier molecular flexibility index (Phi) is 67.4. The van der Waals surface area contributed by atoms with Gasteiger partial charge in [-0.2, -0.15) is 0 Å². The number of carbonyl (C=O) groups is 4. The predicted octanol–water partition coefficient (Wildman–Crippen LogP) is 22.7. The van der Waals surface area contributed by atoms with Crippen molar-refractivity contribution in [1.82, 2.24) is 0 Å². The minimum absolute atomic E-state index is 0.105. The second-order valence-electron chi connectivity index (χ2n) is 28.7. The van der Waals surface area contributed by atoms with E-state index in [1.807, 2.05) is 0 Å². The molecule has 19 heteroatoms. The summed E-state index contributed by atoms with van der Waals surface area (Å²) in [6, 6.07) is 0. The van der Waals surface area contributed by atoms with Gasteiger partial charge < -0.3 is 33.8 Å². The molecule has 570 valence electrons. The lowest BCUT2D eigenvalue weighted by atomic mass is 10.0. The van der Waals surface area contributed by atoms with Crippen molar-refractivity contribution in [3.8, 4) is 0 Å². The van der Waals surface area contributed by atoms with Crippen LogP contribution in [-0.2, 0) is 65.4 Å². The monoisotopic (exact) mass is 1410 g/mol. The Labute approximate surface area is 588 Å². The largest absolute Gasteiger partial charge is 0.472 e. The summed E-state index contributed by atoms with van der Waals surface area (Å²) in [5, 5.41) is 10.6. The van der Waals surface area contributed by atoms with Gasteiger partial charge in [0.1, 0.15) is 19.3 Å². The molecule has 0 aromatic rings. The molecule has 0 fully saturated rings. The zero-order valence-electron chi connectivity index (χ0n) is 62.7. The van der Waals surface area contributed by atoms with Crippen LogP contribution in [0.1, 0.15) is 401 Å². The third-order valence-corrected chi connectivity index (χ3v) is 19.9. The minimum Gasteiger partial charge on any atom is -0.462 e. The van der Waals surface area contributed by atoms with E-state index in [1.165, 1.54) is 205 Å². The van der Waals surface area contributed by atoms with Gasteiger partial charge in [0.05, 0.1) is 26.4 Å². The van der Waals surface area contributed by atoms with Gasteiger partial charge in [0.15, 0.2) is 12.2 Å². The van der Waals surface area contributed by atoms with Crippen LogP contribution >= 0.6 is 15.6 Å². The zero-order valence-corrected chi connectivity index (χ0v) is 64.5. The molecule has 2 unspecified atom stereocenters. The maximum atomic E-state index is 13.1. The summed E-state index contributed by atoms with van der Waals surface area (Å²) < 4.78 is 68.4. The molecule has 96 heavy (non-hydrogen) atoms. The first kappa shape index (κ1) is 94.1. The smallest absolute Gasteiger partial charge is 0.462 e. The number of carbonyl (C=O) groups excluding carboxylic acids is 4. The molecule has 0 spiro atoms. The zero-order chi connectivity index (χ0) is 70.7. The Balaban J connectivity index is 5.15. The molecule has 3 N–H and O–H groups in total. The van der Waals surface area contributed by atoms with Gasteiger partial charge in [-0.05, 0) is 37.5 Å². The number of unbranched alkanes of at least 4 members (excludes halogenated alkanes) is 46. The summed E-state index contributed by atoms with van der Waals surface area (Å²) >= 11 is 0. The standard InChI is InChI=1S/C77H150O17P2/c1-7-9-11-13-15-16-17-18-19-20-21-22-23-24-25-26-27-32-37-43-49-55-61-76(81)94-73(66-88-75(80)60-54-48-42-36-31-29-28-30-34-40-45-51-57-69(3)4)68-92-96(85,86)90-64-71(78)63-89-95(83,84)91-67-72(65-87-74(79)59-53-47-39-14-12-10-8-2)93-77(82)62-56-50-44-38-33-35-41-46-52-58-70(5)6/h69-73,78H,7-68H2,1-6H3,(H,83,84)(H,85,86)/t71-,72+,73+/m0/s1. The number of aliphatic hydroxyl groups is 1. The maximum absolute atomic E-state index is 13.1. The molecular weight excluding hydrogens is 1260 g/mol. The summed E-state index contributed by atoms with van der Waals surface area (Å²) in [6.07, 6.45) is 57.2. The van der Waals surface area contributed by atoms with E-state index in [0.717, 1.165) is 115 Å². The lowest BCUT2D eigenvalue weighted by molar-refractivity contribution is -0.161. The van der Waals surface area contributed by atoms with Gasteiger partial charge in [0.25, 0.3) is 0 Å². The first-order chi connectivity index (χ1) is 46.4. The van der Waals surface area contributed by atoms with Gasteiger partial charge in [0.2, 0.25) is 0 Å². The Bertz CT molecular complexity index is 1860. The second-order valence-corrected chi connectivity index (χ2v) is 31.6. The normalized spacial score (nSPS) is 14.0. The fraction of sp³-hybridized carbons (Fsp3) is 0.948. The number of ether oxygens (including phenoxy) is 4. The summed E-state index contributed by atoms with van der Waals surface area (Å²) in [6.45, 7) is 9.54. The average Bonchev–Trinajstić information content (AvgIpc) is 1.62. The lowest BCUT2D eigenvalue weighted by Crippen LogP contribution is -2.30. The quantitative estimate of drug-likeness (QED) is 0.0222. The van der Waals surface area contributed by atoms with E-state index in [2.05, 4.69) is 41.5 Å². The number of rotatable bonds is 76. The van der Waals surface area contributed by atoms with E-state index in [4.69, 9.17) is 37.0 Å². The SMILES string of the molecule is CCCCCCCCCCCCCCCCCCCCCCCCC(=O)O[C@H](COC(=O)CCCCCCCCCCCCCCC(C)C)COP(=O)(O)OC[C@@H](O)COP(=O)(O)OC[C@@H](COC(=O)CCCCCCCCC)OC(=O)CCCCCCCCCCCC(C)C. The van der Waals surface area contributed by atoms with E-state index in [1.54, 1.807) is 0 Å². The molecule has 0 saturated heterocycles.